The highest BCUT2D eigenvalue weighted by molar-refractivity contribution is 5.87. The number of carbonyl (C=O) groups is 2. The molecule has 1 aromatic heterocycles. The molecule has 0 unspecified atom stereocenters. The molecule has 0 fully saturated rings. The van der Waals surface area contributed by atoms with Gasteiger partial charge in [0, 0.05) is 25.5 Å². The van der Waals surface area contributed by atoms with Crippen molar-refractivity contribution in [2.75, 3.05) is 13.1 Å². The van der Waals surface area contributed by atoms with Gasteiger partial charge in [0.2, 0.25) is 5.91 Å². The third-order valence-electron chi connectivity index (χ3n) is 2.43. The molecule has 1 aromatic rings. The molecule has 1 rings (SSSR count). The predicted molar refractivity (Wildman–Crippen MR) is 59.3 cm³/mol. The molecule has 0 aromatic carbocycles. The summed E-state index contributed by atoms with van der Waals surface area (Å²) in [7, 11) is 0. The van der Waals surface area contributed by atoms with Crippen LogP contribution in [0.2, 0.25) is 0 Å². The van der Waals surface area contributed by atoms with Crippen LogP contribution in [0, 0.1) is 0 Å². The Balaban J connectivity index is 2.65. The van der Waals surface area contributed by atoms with E-state index in [0.29, 0.717) is 13.1 Å². The minimum atomic E-state index is -0.978. The van der Waals surface area contributed by atoms with Crippen molar-refractivity contribution in [1.82, 2.24) is 9.47 Å². The lowest BCUT2D eigenvalue weighted by molar-refractivity contribution is -0.131. The topological polar surface area (TPSA) is 62.5 Å². The molecule has 0 spiro atoms. The maximum Gasteiger partial charge on any atom is 0.337 e. The van der Waals surface area contributed by atoms with E-state index in [9.17, 15) is 9.59 Å². The molecule has 0 aliphatic carbocycles. The van der Waals surface area contributed by atoms with Gasteiger partial charge in [0.15, 0.2) is 0 Å². The van der Waals surface area contributed by atoms with Gasteiger partial charge in [0.25, 0.3) is 0 Å². The van der Waals surface area contributed by atoms with Gasteiger partial charge in [-0.25, -0.2) is 4.79 Å². The number of aromatic carboxylic acids is 1. The minimum Gasteiger partial charge on any atom is -0.478 e. The average molecular weight is 224 g/mol. The lowest BCUT2D eigenvalue weighted by Gasteiger charge is -2.18. The summed E-state index contributed by atoms with van der Waals surface area (Å²) in [5, 5.41) is 8.73. The van der Waals surface area contributed by atoms with E-state index in [1.54, 1.807) is 15.7 Å². The first-order chi connectivity index (χ1) is 7.58. The molecule has 0 aliphatic heterocycles. The van der Waals surface area contributed by atoms with Crippen LogP contribution >= 0.6 is 0 Å². The van der Waals surface area contributed by atoms with E-state index in [0.717, 1.165) is 0 Å². The number of nitrogens with zero attached hydrogens (tertiary/aromatic N) is 2. The molecule has 1 amide bonds. The second-order valence-corrected chi connectivity index (χ2v) is 3.44. The molecule has 0 atom stereocenters. The maximum absolute atomic E-state index is 11.7. The van der Waals surface area contributed by atoms with Crippen LogP contribution in [0.25, 0.3) is 0 Å². The second kappa shape index (κ2) is 5.34. The van der Waals surface area contributed by atoms with Gasteiger partial charge >= 0.3 is 5.97 Å². The van der Waals surface area contributed by atoms with Gasteiger partial charge in [-0.2, -0.15) is 0 Å². The maximum atomic E-state index is 11.7. The zero-order chi connectivity index (χ0) is 12.1. The van der Waals surface area contributed by atoms with Gasteiger partial charge < -0.3 is 14.6 Å². The van der Waals surface area contributed by atoms with E-state index >= 15 is 0 Å². The third-order valence-corrected chi connectivity index (χ3v) is 2.43. The Bertz CT molecular complexity index is 380. The van der Waals surface area contributed by atoms with Gasteiger partial charge in [0.1, 0.15) is 6.54 Å². The van der Waals surface area contributed by atoms with Crippen molar-refractivity contribution in [3.63, 3.8) is 0 Å². The number of hydrogen-bond donors (Lipinski definition) is 1. The number of carboxylic acid groups (broad SMARTS) is 1. The zero-order valence-electron chi connectivity index (χ0n) is 9.51. The number of amides is 1. The molecule has 0 aliphatic rings. The van der Waals surface area contributed by atoms with E-state index in [1.165, 1.54) is 12.3 Å². The summed E-state index contributed by atoms with van der Waals surface area (Å²) in [6.07, 6.45) is 3.06. The van der Waals surface area contributed by atoms with Crippen LogP contribution in [-0.2, 0) is 11.3 Å². The first kappa shape index (κ1) is 12.3. The highest BCUT2D eigenvalue weighted by Crippen LogP contribution is 2.02. The van der Waals surface area contributed by atoms with Gasteiger partial charge in [-0.3, -0.25) is 4.79 Å². The number of hydrogen-bond acceptors (Lipinski definition) is 2. The molecular weight excluding hydrogens is 208 g/mol. The summed E-state index contributed by atoms with van der Waals surface area (Å²) in [6.45, 7) is 5.36. The van der Waals surface area contributed by atoms with Crippen LogP contribution in [0.5, 0.6) is 0 Å². The number of likely N-dealkylation sites (N-methyl/N-ethyl adjacent to an activating group) is 1. The summed E-state index contributed by atoms with van der Waals surface area (Å²) in [5.41, 5.74) is 0.201. The smallest absolute Gasteiger partial charge is 0.337 e. The fraction of sp³-hybridized carbons (Fsp3) is 0.455. The van der Waals surface area contributed by atoms with Crippen molar-refractivity contribution in [2.45, 2.75) is 20.4 Å². The summed E-state index contributed by atoms with van der Waals surface area (Å²) in [4.78, 5) is 24.1. The van der Waals surface area contributed by atoms with Crippen LogP contribution in [0.15, 0.2) is 18.5 Å². The SMILES string of the molecule is CCN(CC)C(=O)Cn1ccc(C(=O)O)c1. The van der Waals surface area contributed by atoms with Gasteiger partial charge in [0.05, 0.1) is 5.56 Å². The summed E-state index contributed by atoms with van der Waals surface area (Å²) >= 11 is 0. The van der Waals surface area contributed by atoms with Crippen molar-refractivity contribution in [2.24, 2.45) is 0 Å². The molecule has 1 N–H and O–H groups in total. The Morgan fingerprint density at radius 3 is 2.44 bits per heavy atom. The average Bonchev–Trinajstić information content (AvgIpc) is 2.68. The standard InChI is InChI=1S/C11H16N2O3/c1-3-13(4-2)10(14)8-12-6-5-9(7-12)11(15)16/h5-7H,3-4,8H2,1-2H3,(H,15,16). The fourth-order valence-electron chi connectivity index (χ4n) is 1.50. The molecule has 16 heavy (non-hydrogen) atoms. The van der Waals surface area contributed by atoms with E-state index < -0.39 is 5.97 Å². The Kier molecular flexibility index (Phi) is 4.10. The van der Waals surface area contributed by atoms with Crippen LogP contribution in [0.1, 0.15) is 24.2 Å². The van der Waals surface area contributed by atoms with E-state index in [-0.39, 0.29) is 18.0 Å². The normalized spacial score (nSPS) is 10.1. The zero-order valence-corrected chi connectivity index (χ0v) is 9.51. The van der Waals surface area contributed by atoms with Crippen molar-refractivity contribution >= 4 is 11.9 Å². The molecule has 1 heterocycles. The lowest BCUT2D eigenvalue weighted by atomic mass is 10.3. The molecule has 0 bridgehead atoms. The fourth-order valence-corrected chi connectivity index (χ4v) is 1.50. The van der Waals surface area contributed by atoms with Gasteiger partial charge in [-0.05, 0) is 19.9 Å². The quantitative estimate of drug-likeness (QED) is 0.813. The lowest BCUT2D eigenvalue weighted by Crippen LogP contribution is -2.33. The van der Waals surface area contributed by atoms with E-state index in [1.807, 2.05) is 13.8 Å². The molecule has 0 saturated carbocycles. The molecular formula is C11H16N2O3. The largest absolute Gasteiger partial charge is 0.478 e. The van der Waals surface area contributed by atoms with E-state index in [4.69, 9.17) is 5.11 Å². The first-order valence-electron chi connectivity index (χ1n) is 5.25. The van der Waals surface area contributed by atoms with Crippen molar-refractivity contribution in [1.29, 1.82) is 0 Å². The summed E-state index contributed by atoms with van der Waals surface area (Å²) < 4.78 is 1.59. The van der Waals surface area contributed by atoms with Crippen molar-refractivity contribution in [3.8, 4) is 0 Å². The third kappa shape index (κ3) is 2.85. The Labute approximate surface area is 94.3 Å². The molecule has 0 radical (unpaired) electrons. The predicted octanol–water partition coefficient (Wildman–Crippen LogP) is 1.05. The number of rotatable bonds is 5. The highest BCUT2D eigenvalue weighted by Gasteiger charge is 2.11. The Morgan fingerprint density at radius 2 is 2.00 bits per heavy atom. The van der Waals surface area contributed by atoms with Crippen molar-refractivity contribution < 1.29 is 14.7 Å². The molecule has 5 nitrogen and oxygen atoms in total. The molecule has 5 heteroatoms. The highest BCUT2D eigenvalue weighted by atomic mass is 16.4. The van der Waals surface area contributed by atoms with Crippen molar-refractivity contribution in [3.05, 3.63) is 24.0 Å². The van der Waals surface area contributed by atoms with E-state index in [2.05, 4.69) is 0 Å². The van der Waals surface area contributed by atoms with Crippen LogP contribution in [0.3, 0.4) is 0 Å². The Morgan fingerprint density at radius 1 is 1.38 bits per heavy atom. The number of carboxylic acids is 1. The monoisotopic (exact) mass is 224 g/mol. The first-order valence-corrected chi connectivity index (χ1v) is 5.25. The molecule has 88 valence electrons. The van der Waals surface area contributed by atoms with Crippen LogP contribution in [-0.4, -0.2) is 39.5 Å². The van der Waals surface area contributed by atoms with Gasteiger partial charge in [-0.1, -0.05) is 0 Å². The second-order valence-electron chi connectivity index (χ2n) is 3.44. The van der Waals surface area contributed by atoms with Gasteiger partial charge in [-0.15, -0.1) is 0 Å². The number of carbonyl (C=O) groups excluding carboxylic acids is 1. The number of aromatic nitrogens is 1. The molecule has 0 saturated heterocycles. The minimum absolute atomic E-state index is 0.00228. The van der Waals surface area contributed by atoms with Crippen LogP contribution in [0.4, 0.5) is 0 Å². The Hall–Kier alpha value is -1.78. The summed E-state index contributed by atoms with van der Waals surface area (Å²) in [6, 6.07) is 1.48. The summed E-state index contributed by atoms with van der Waals surface area (Å²) in [5.74, 6) is -0.980. The van der Waals surface area contributed by atoms with Crippen LogP contribution < -0.4 is 0 Å².